The van der Waals surface area contributed by atoms with Crippen molar-refractivity contribution >= 4 is 22.6 Å². The minimum absolute atomic E-state index is 0.132. The molecule has 1 unspecified atom stereocenters. The lowest BCUT2D eigenvalue weighted by Crippen LogP contribution is -2.25. The van der Waals surface area contributed by atoms with Crippen molar-refractivity contribution in [1.29, 1.82) is 0 Å². The van der Waals surface area contributed by atoms with Gasteiger partial charge in [-0.3, -0.25) is 0 Å². The summed E-state index contributed by atoms with van der Waals surface area (Å²) in [6, 6.07) is 16.8. The van der Waals surface area contributed by atoms with Gasteiger partial charge in [-0.05, 0) is 70.8 Å². The topological polar surface area (TPSA) is 35.2 Å². The van der Waals surface area contributed by atoms with Crippen LogP contribution in [0.2, 0.25) is 0 Å². The van der Waals surface area contributed by atoms with Gasteiger partial charge in [0.15, 0.2) is 0 Å². The second kappa shape index (κ2) is 6.91. The molecule has 0 aromatic heterocycles. The van der Waals surface area contributed by atoms with Crippen LogP contribution in [0.4, 0.5) is 0 Å². The lowest BCUT2D eigenvalue weighted by molar-refractivity contribution is 0.414. The number of hydrogen-bond acceptors (Lipinski definition) is 2. The van der Waals surface area contributed by atoms with Gasteiger partial charge < -0.3 is 10.5 Å². The maximum atomic E-state index is 6.22. The summed E-state index contributed by atoms with van der Waals surface area (Å²) in [5.41, 5.74) is 8.73. The van der Waals surface area contributed by atoms with E-state index >= 15 is 0 Å². The number of ether oxygens (including phenoxy) is 1. The molecule has 0 aliphatic carbocycles. The summed E-state index contributed by atoms with van der Waals surface area (Å²) in [5.74, 6) is 0.888. The molecule has 2 aromatic rings. The molecule has 3 heteroatoms. The number of nitrogens with two attached hydrogens (primary N) is 1. The molecule has 100 valence electrons. The van der Waals surface area contributed by atoms with E-state index in [1.165, 1.54) is 14.7 Å². The van der Waals surface area contributed by atoms with Crippen LogP contribution < -0.4 is 10.5 Å². The Bertz CT molecular complexity index is 525. The normalized spacial score (nSPS) is 12.2. The zero-order valence-corrected chi connectivity index (χ0v) is 13.1. The smallest absolute Gasteiger partial charge is 0.119 e. The lowest BCUT2D eigenvalue weighted by Gasteiger charge is -2.12. The van der Waals surface area contributed by atoms with Crippen molar-refractivity contribution in [3.05, 3.63) is 63.2 Å². The van der Waals surface area contributed by atoms with Crippen molar-refractivity contribution in [1.82, 2.24) is 0 Å². The van der Waals surface area contributed by atoms with Gasteiger partial charge in [-0.1, -0.05) is 24.3 Å². The van der Waals surface area contributed by atoms with Crippen LogP contribution in [0, 0.1) is 3.57 Å². The summed E-state index contributed by atoms with van der Waals surface area (Å²) in [7, 11) is 1.69. The number of rotatable bonds is 5. The van der Waals surface area contributed by atoms with Crippen molar-refractivity contribution in [2.75, 3.05) is 7.11 Å². The van der Waals surface area contributed by atoms with E-state index in [2.05, 4.69) is 52.9 Å². The van der Waals surface area contributed by atoms with Gasteiger partial charge in [0.2, 0.25) is 0 Å². The molecular formula is C16H18INO. The van der Waals surface area contributed by atoms with Crippen LogP contribution in [0.25, 0.3) is 0 Å². The quantitative estimate of drug-likeness (QED) is 0.823. The molecule has 1 atom stereocenters. The van der Waals surface area contributed by atoms with Gasteiger partial charge in [0.25, 0.3) is 0 Å². The number of methoxy groups -OCH3 is 1. The van der Waals surface area contributed by atoms with Gasteiger partial charge >= 0.3 is 0 Å². The Kier molecular flexibility index (Phi) is 5.22. The van der Waals surface area contributed by atoms with Gasteiger partial charge in [0, 0.05) is 9.61 Å². The van der Waals surface area contributed by atoms with E-state index in [0.717, 1.165) is 18.6 Å². The van der Waals surface area contributed by atoms with E-state index < -0.39 is 0 Å². The molecule has 0 spiro atoms. The summed E-state index contributed by atoms with van der Waals surface area (Å²) < 4.78 is 6.48. The number of halogens is 1. The van der Waals surface area contributed by atoms with Crippen LogP contribution in [-0.2, 0) is 12.8 Å². The zero-order valence-electron chi connectivity index (χ0n) is 11.0. The Balaban J connectivity index is 1.96. The lowest BCUT2D eigenvalue weighted by atomic mass is 10.00. The molecule has 0 fully saturated rings. The molecule has 2 rings (SSSR count). The summed E-state index contributed by atoms with van der Waals surface area (Å²) >= 11 is 2.31. The third kappa shape index (κ3) is 4.51. The van der Waals surface area contributed by atoms with Crippen molar-refractivity contribution < 1.29 is 4.74 Å². The van der Waals surface area contributed by atoms with Crippen LogP contribution in [0.1, 0.15) is 11.1 Å². The summed E-state index contributed by atoms with van der Waals surface area (Å²) in [6.45, 7) is 0. The Morgan fingerprint density at radius 2 is 1.74 bits per heavy atom. The maximum Gasteiger partial charge on any atom is 0.119 e. The van der Waals surface area contributed by atoms with Crippen molar-refractivity contribution in [3.63, 3.8) is 0 Å². The molecule has 0 saturated heterocycles. The molecule has 2 N–H and O–H groups in total. The second-order valence-electron chi connectivity index (χ2n) is 4.65. The summed E-state index contributed by atoms with van der Waals surface area (Å²) in [6.07, 6.45) is 1.76. The van der Waals surface area contributed by atoms with Gasteiger partial charge in [-0.25, -0.2) is 0 Å². The predicted octanol–water partition coefficient (Wildman–Crippen LogP) is 3.41. The molecular weight excluding hydrogens is 349 g/mol. The van der Waals surface area contributed by atoms with E-state index in [1.54, 1.807) is 7.11 Å². The molecule has 0 saturated carbocycles. The monoisotopic (exact) mass is 367 g/mol. The Morgan fingerprint density at radius 1 is 1.05 bits per heavy atom. The number of benzene rings is 2. The Morgan fingerprint density at radius 3 is 2.42 bits per heavy atom. The third-order valence-corrected chi connectivity index (χ3v) is 3.76. The molecule has 0 heterocycles. The second-order valence-corrected chi connectivity index (χ2v) is 5.89. The summed E-state index contributed by atoms with van der Waals surface area (Å²) in [4.78, 5) is 0. The highest BCUT2D eigenvalue weighted by Crippen LogP contribution is 2.15. The molecule has 0 aliphatic heterocycles. The third-order valence-electron chi connectivity index (χ3n) is 3.04. The van der Waals surface area contributed by atoms with Crippen LogP contribution in [-0.4, -0.2) is 13.2 Å². The Hall–Kier alpha value is -1.07. The van der Waals surface area contributed by atoms with Crippen molar-refractivity contribution in [2.45, 2.75) is 18.9 Å². The fourth-order valence-electron chi connectivity index (χ4n) is 2.10. The van der Waals surface area contributed by atoms with E-state index in [1.807, 2.05) is 18.2 Å². The van der Waals surface area contributed by atoms with Gasteiger partial charge in [0.1, 0.15) is 5.75 Å². The first kappa shape index (κ1) is 14.3. The first-order valence-corrected chi connectivity index (χ1v) is 7.38. The fourth-order valence-corrected chi connectivity index (χ4v) is 2.46. The first-order chi connectivity index (χ1) is 9.17. The van der Waals surface area contributed by atoms with Gasteiger partial charge in [0.05, 0.1) is 7.11 Å². The molecule has 0 radical (unpaired) electrons. The molecule has 0 amide bonds. The van der Waals surface area contributed by atoms with Crippen LogP contribution in [0.5, 0.6) is 5.75 Å². The minimum Gasteiger partial charge on any atom is -0.497 e. The number of hydrogen-bond donors (Lipinski definition) is 1. The molecule has 2 aromatic carbocycles. The van der Waals surface area contributed by atoms with Crippen LogP contribution >= 0.6 is 22.6 Å². The highest BCUT2D eigenvalue weighted by atomic mass is 127. The highest BCUT2D eigenvalue weighted by Gasteiger charge is 2.06. The standard InChI is InChI=1S/C16H18INO/c1-19-16-4-2-3-13(11-16)10-15(18)9-12-5-7-14(17)8-6-12/h2-8,11,15H,9-10,18H2,1H3. The fraction of sp³-hybridized carbons (Fsp3) is 0.250. The SMILES string of the molecule is COc1cccc(CC(N)Cc2ccc(I)cc2)c1. The minimum atomic E-state index is 0.132. The van der Waals surface area contributed by atoms with Crippen molar-refractivity contribution in [3.8, 4) is 5.75 Å². The highest BCUT2D eigenvalue weighted by molar-refractivity contribution is 14.1. The molecule has 0 bridgehead atoms. The van der Waals surface area contributed by atoms with Gasteiger partial charge in [-0.2, -0.15) is 0 Å². The molecule has 19 heavy (non-hydrogen) atoms. The average Bonchev–Trinajstić information content (AvgIpc) is 2.41. The zero-order chi connectivity index (χ0) is 13.7. The largest absolute Gasteiger partial charge is 0.497 e. The Labute approximate surface area is 128 Å². The van der Waals surface area contributed by atoms with E-state index in [4.69, 9.17) is 10.5 Å². The van der Waals surface area contributed by atoms with Crippen LogP contribution in [0.3, 0.4) is 0 Å². The first-order valence-electron chi connectivity index (χ1n) is 6.30. The maximum absolute atomic E-state index is 6.22. The van der Waals surface area contributed by atoms with Crippen molar-refractivity contribution in [2.24, 2.45) is 5.73 Å². The average molecular weight is 367 g/mol. The van der Waals surface area contributed by atoms with E-state index in [0.29, 0.717) is 0 Å². The van der Waals surface area contributed by atoms with E-state index in [-0.39, 0.29) is 6.04 Å². The summed E-state index contributed by atoms with van der Waals surface area (Å²) in [5, 5.41) is 0. The predicted molar refractivity (Wildman–Crippen MR) is 87.5 cm³/mol. The molecule has 2 nitrogen and oxygen atoms in total. The van der Waals surface area contributed by atoms with Gasteiger partial charge in [-0.15, -0.1) is 0 Å². The van der Waals surface area contributed by atoms with E-state index in [9.17, 15) is 0 Å². The molecule has 0 aliphatic rings. The van der Waals surface area contributed by atoms with Crippen LogP contribution in [0.15, 0.2) is 48.5 Å².